The van der Waals surface area contributed by atoms with Gasteiger partial charge in [-0.05, 0) is 94.9 Å². The zero-order chi connectivity index (χ0) is 34.5. The Hall–Kier alpha value is -2.45. The third kappa shape index (κ3) is 11.9. The van der Waals surface area contributed by atoms with E-state index < -0.39 is 0 Å². The number of benzene rings is 2. The molecular weight excluding hydrogens is 649 g/mol. The summed E-state index contributed by atoms with van der Waals surface area (Å²) in [6.07, 6.45) is 3.22. The van der Waals surface area contributed by atoms with Crippen molar-refractivity contribution in [2.75, 3.05) is 59.4 Å². The predicted molar refractivity (Wildman–Crippen MR) is 197 cm³/mol. The maximum Gasteiger partial charge on any atom is 0.293 e. The number of fused-ring (bicyclic) bond motifs is 2. The molecule has 10 nitrogen and oxygen atoms in total. The highest BCUT2D eigenvalue weighted by Crippen LogP contribution is 2.37. The van der Waals surface area contributed by atoms with Gasteiger partial charge in [-0.25, -0.2) is 9.29 Å². The molecule has 1 aliphatic carbocycles. The Morgan fingerprint density at radius 1 is 1.12 bits per heavy atom. The molecule has 3 heterocycles. The van der Waals surface area contributed by atoms with Crippen LogP contribution < -0.4 is 15.4 Å². The summed E-state index contributed by atoms with van der Waals surface area (Å²) in [5.74, 6) is 1.94. The Bertz CT molecular complexity index is 1380. The van der Waals surface area contributed by atoms with Crippen LogP contribution in [0.15, 0.2) is 47.4 Å². The average molecular weight is 705 g/mol. The number of hydrogen-bond acceptors (Lipinski definition) is 12. The number of aryl methyl sites for hydroxylation is 1. The molecule has 5 atom stereocenters. The molecule has 3 aromatic rings. The third-order valence-electron chi connectivity index (χ3n) is 8.39. The van der Waals surface area contributed by atoms with Crippen molar-refractivity contribution >= 4 is 45.1 Å². The molecular formula is C36H56N4O6S2. The molecule has 1 saturated carbocycles. The molecule has 12 heteroatoms. The van der Waals surface area contributed by atoms with Crippen molar-refractivity contribution in [1.29, 1.82) is 0 Å². The van der Waals surface area contributed by atoms with E-state index in [0.717, 1.165) is 36.0 Å². The minimum absolute atomic E-state index is 0. The van der Waals surface area contributed by atoms with E-state index in [2.05, 4.69) is 53.9 Å². The summed E-state index contributed by atoms with van der Waals surface area (Å²) in [5, 5.41) is 7.82. The monoisotopic (exact) mass is 704 g/mol. The van der Waals surface area contributed by atoms with Gasteiger partial charge in [0, 0.05) is 44.4 Å². The molecule has 0 spiro atoms. The number of anilines is 1. The molecule has 1 aromatic heterocycles. The van der Waals surface area contributed by atoms with Crippen LogP contribution in [0.25, 0.3) is 10.2 Å². The average Bonchev–Trinajstić information content (AvgIpc) is 3.64. The van der Waals surface area contributed by atoms with Crippen LogP contribution in [0.3, 0.4) is 0 Å². The van der Waals surface area contributed by atoms with Gasteiger partial charge in [0.25, 0.3) is 6.47 Å². The maximum atomic E-state index is 10.4. The Labute approximate surface area is 296 Å². The van der Waals surface area contributed by atoms with Crippen LogP contribution in [0.4, 0.5) is 5.13 Å². The van der Waals surface area contributed by atoms with Crippen LogP contribution in [0, 0.1) is 24.7 Å². The predicted octanol–water partition coefficient (Wildman–Crippen LogP) is 6.88. The van der Waals surface area contributed by atoms with Crippen molar-refractivity contribution in [3.63, 3.8) is 0 Å². The maximum absolute atomic E-state index is 10.4. The van der Waals surface area contributed by atoms with E-state index in [9.17, 15) is 4.79 Å². The van der Waals surface area contributed by atoms with E-state index in [1.54, 1.807) is 25.6 Å². The number of thiazole rings is 1. The Kier molecular flexibility index (Phi) is 15.7. The van der Waals surface area contributed by atoms with Crippen molar-refractivity contribution in [1.82, 2.24) is 14.6 Å². The first-order valence-electron chi connectivity index (χ1n) is 16.9. The smallest absolute Gasteiger partial charge is 0.293 e. The van der Waals surface area contributed by atoms with E-state index in [1.165, 1.54) is 34.4 Å². The molecule has 2 aliphatic heterocycles. The second-order valence-corrected chi connectivity index (χ2v) is 15.1. The molecule has 0 amide bonds. The summed E-state index contributed by atoms with van der Waals surface area (Å²) in [7, 11) is 5.30. The lowest BCUT2D eigenvalue weighted by Gasteiger charge is -2.36. The fraction of sp³-hybridized carbons (Fsp3) is 0.611. The highest BCUT2D eigenvalue weighted by Gasteiger charge is 2.48. The topological polar surface area (TPSA) is 103 Å². The first kappa shape index (κ1) is 38.4. The van der Waals surface area contributed by atoms with Gasteiger partial charge in [0.05, 0.1) is 36.6 Å². The summed E-state index contributed by atoms with van der Waals surface area (Å²) in [4.78, 5) is 16.4. The van der Waals surface area contributed by atoms with Crippen LogP contribution in [0.1, 0.15) is 47.0 Å². The lowest BCUT2D eigenvalue weighted by Crippen LogP contribution is -2.47. The number of hydrogen-bond donors (Lipinski definition) is 2. The quantitative estimate of drug-likeness (QED) is 0.104. The highest BCUT2D eigenvalue weighted by molar-refractivity contribution is 7.97. The number of carbonyl (C=O) groups is 1. The van der Waals surface area contributed by atoms with E-state index in [4.69, 9.17) is 28.7 Å². The number of ether oxygens (including phenoxy) is 5. The van der Waals surface area contributed by atoms with Gasteiger partial charge in [0.1, 0.15) is 11.9 Å². The van der Waals surface area contributed by atoms with Gasteiger partial charge >= 0.3 is 0 Å². The second kappa shape index (κ2) is 19.7. The van der Waals surface area contributed by atoms with Gasteiger partial charge in [-0.3, -0.25) is 4.79 Å². The standard InChI is InChI=1S/C18H28N4S2.C10H16O5.C8H10O.H2/c1-13(2)12-22(10-4-9-19-3)24-15-7-8-16-17(11-15)23-18(21-16)20-14-5-6-14;1-6-9(15-5-11)7-3-14-10(12-2)8(7)4-13-6;1-7-3-5-8(9-2)6-4-7;/h7-8,11,13-14,19H,4-6,9-10,12H2,1-3H3,(H,20,21);5-10H,3-4H2,1-2H3;3-6H,1-2H3;1H. The van der Waals surface area contributed by atoms with Gasteiger partial charge in [-0.2, -0.15) is 0 Å². The number of nitrogens with one attached hydrogen (secondary N) is 2. The normalized spacial score (nSPS) is 23.1. The zero-order valence-electron chi connectivity index (χ0n) is 29.5. The number of nitrogens with zero attached hydrogens (tertiary/aromatic N) is 2. The van der Waals surface area contributed by atoms with Gasteiger partial charge in [-0.1, -0.05) is 42.9 Å². The minimum atomic E-state index is -0.236. The number of methoxy groups -OCH3 is 2. The number of rotatable bonds is 14. The molecule has 2 saturated heterocycles. The zero-order valence-corrected chi connectivity index (χ0v) is 31.1. The van der Waals surface area contributed by atoms with Crippen LogP contribution in [0.2, 0.25) is 0 Å². The molecule has 268 valence electrons. The molecule has 2 N–H and O–H groups in total. The van der Waals surface area contributed by atoms with Gasteiger partial charge < -0.3 is 34.3 Å². The van der Waals surface area contributed by atoms with E-state index >= 15 is 0 Å². The summed E-state index contributed by atoms with van der Waals surface area (Å²) >= 11 is 3.66. The molecule has 0 radical (unpaired) electrons. The van der Waals surface area contributed by atoms with Crippen LogP contribution in [0.5, 0.6) is 5.75 Å². The first-order chi connectivity index (χ1) is 23.2. The highest BCUT2D eigenvalue weighted by atomic mass is 32.2. The summed E-state index contributed by atoms with van der Waals surface area (Å²) in [6, 6.07) is 15.3. The summed E-state index contributed by atoms with van der Waals surface area (Å²) in [6.45, 7) is 13.5. The van der Waals surface area contributed by atoms with Crippen molar-refractivity contribution in [3.05, 3.63) is 48.0 Å². The second-order valence-electron chi connectivity index (χ2n) is 12.9. The van der Waals surface area contributed by atoms with Gasteiger partial charge in [-0.15, -0.1) is 0 Å². The molecule has 2 aromatic carbocycles. The SMILES string of the molecule is CNCCCN(CC(C)C)Sc1ccc2nc(NC3CC3)sc2c1.COC1OCC2C1COC(C)C2OC=O.COc1ccc(C)cc1.[HH]. The van der Waals surface area contributed by atoms with Crippen LogP contribution in [-0.2, 0) is 23.7 Å². The molecule has 3 aliphatic rings. The molecule has 48 heavy (non-hydrogen) atoms. The molecule has 0 bridgehead atoms. The largest absolute Gasteiger partial charge is 0.497 e. The Morgan fingerprint density at radius 2 is 1.88 bits per heavy atom. The third-order valence-corrected chi connectivity index (χ3v) is 10.4. The molecule has 3 fully saturated rings. The van der Waals surface area contributed by atoms with Crippen LogP contribution in [-0.4, -0.2) is 94.4 Å². The molecule has 5 unspecified atom stereocenters. The van der Waals surface area contributed by atoms with Gasteiger partial charge in [0.15, 0.2) is 11.4 Å². The number of aromatic nitrogens is 1. The van der Waals surface area contributed by atoms with Crippen molar-refractivity contribution in [2.45, 2.75) is 76.4 Å². The fourth-order valence-electron chi connectivity index (χ4n) is 5.68. The van der Waals surface area contributed by atoms with Crippen molar-refractivity contribution in [2.24, 2.45) is 17.8 Å². The Morgan fingerprint density at radius 3 is 2.52 bits per heavy atom. The summed E-state index contributed by atoms with van der Waals surface area (Å²) < 4.78 is 30.0. The van der Waals surface area contributed by atoms with E-state index in [-0.39, 0.29) is 31.8 Å². The Balaban J connectivity index is 0.000000221. The first-order valence-corrected chi connectivity index (χ1v) is 18.5. The summed E-state index contributed by atoms with van der Waals surface area (Å²) in [5.41, 5.74) is 2.37. The number of carbonyl (C=O) groups excluding carboxylic acids is 1. The lowest BCUT2D eigenvalue weighted by atomic mass is 9.85. The molecule has 6 rings (SSSR count). The van der Waals surface area contributed by atoms with E-state index in [0.29, 0.717) is 31.6 Å². The fourth-order valence-corrected chi connectivity index (χ4v) is 7.93. The minimum Gasteiger partial charge on any atom is -0.497 e. The van der Waals surface area contributed by atoms with Crippen LogP contribution >= 0.6 is 23.3 Å². The van der Waals surface area contributed by atoms with E-state index in [1.807, 2.05) is 50.2 Å². The van der Waals surface area contributed by atoms with Crippen molar-refractivity contribution in [3.8, 4) is 5.75 Å². The van der Waals surface area contributed by atoms with Gasteiger partial charge in [0.2, 0.25) is 0 Å². The lowest BCUT2D eigenvalue weighted by molar-refractivity contribution is -0.173. The van der Waals surface area contributed by atoms with Crippen molar-refractivity contribution < 1.29 is 29.9 Å².